The summed E-state index contributed by atoms with van der Waals surface area (Å²) >= 11 is 1.56. The number of aryl methyl sites for hydroxylation is 1. The van der Waals surface area contributed by atoms with Crippen molar-refractivity contribution in [3.05, 3.63) is 69.5 Å². The standard InChI is InChI=1S/C19H14N4O5S/c24-18(10-9-17-20-14-3-1-2-4-15(14)29-17)27-11-16-21-22-19(28-16)12-5-7-13(8-6-12)23(25)26/h1-8H,9-11H2. The van der Waals surface area contributed by atoms with Crippen LogP contribution in [0.2, 0.25) is 0 Å². The van der Waals surface area contributed by atoms with Gasteiger partial charge in [-0.1, -0.05) is 12.1 Å². The highest BCUT2D eigenvalue weighted by atomic mass is 32.1. The van der Waals surface area contributed by atoms with E-state index < -0.39 is 4.92 Å². The van der Waals surface area contributed by atoms with Crippen LogP contribution in [0.4, 0.5) is 5.69 Å². The first-order valence-corrected chi connectivity index (χ1v) is 9.47. The van der Waals surface area contributed by atoms with Gasteiger partial charge in [0.2, 0.25) is 5.89 Å². The molecule has 0 saturated heterocycles. The molecule has 0 spiro atoms. The fourth-order valence-electron chi connectivity index (χ4n) is 2.60. The fourth-order valence-corrected chi connectivity index (χ4v) is 3.57. The second-order valence-electron chi connectivity index (χ2n) is 6.04. The number of nitro groups is 1. The summed E-state index contributed by atoms with van der Waals surface area (Å²) in [5.41, 5.74) is 1.43. The molecule has 10 heteroatoms. The summed E-state index contributed by atoms with van der Waals surface area (Å²) in [5, 5.41) is 19.3. The number of hydrogen-bond donors (Lipinski definition) is 0. The summed E-state index contributed by atoms with van der Waals surface area (Å²) in [6, 6.07) is 13.5. The first-order chi connectivity index (χ1) is 14.1. The van der Waals surface area contributed by atoms with Crippen molar-refractivity contribution in [2.24, 2.45) is 0 Å². The third-order valence-electron chi connectivity index (χ3n) is 4.03. The minimum Gasteiger partial charge on any atom is -0.456 e. The molecule has 0 atom stereocenters. The predicted octanol–water partition coefficient (Wildman–Crippen LogP) is 3.93. The van der Waals surface area contributed by atoms with Gasteiger partial charge in [-0.15, -0.1) is 21.5 Å². The molecule has 146 valence electrons. The van der Waals surface area contributed by atoms with Gasteiger partial charge in [0.05, 0.1) is 26.6 Å². The zero-order chi connectivity index (χ0) is 20.2. The van der Waals surface area contributed by atoms with E-state index in [0.717, 1.165) is 15.2 Å². The molecule has 2 aromatic heterocycles. The van der Waals surface area contributed by atoms with Crippen LogP contribution >= 0.6 is 11.3 Å². The third kappa shape index (κ3) is 4.43. The number of nitro benzene ring substituents is 1. The van der Waals surface area contributed by atoms with Crippen LogP contribution in [0, 0.1) is 10.1 Å². The molecule has 0 radical (unpaired) electrons. The molecule has 0 bridgehead atoms. The zero-order valence-electron chi connectivity index (χ0n) is 15.0. The Bertz CT molecular complexity index is 1140. The molecular formula is C19H14N4O5S. The van der Waals surface area contributed by atoms with Crippen LogP contribution in [0.1, 0.15) is 17.3 Å². The number of non-ortho nitro benzene ring substituents is 1. The van der Waals surface area contributed by atoms with Crippen molar-refractivity contribution in [2.45, 2.75) is 19.4 Å². The van der Waals surface area contributed by atoms with Crippen LogP contribution in [0.15, 0.2) is 52.9 Å². The Balaban J connectivity index is 1.29. The molecule has 29 heavy (non-hydrogen) atoms. The number of fused-ring (bicyclic) bond motifs is 1. The highest BCUT2D eigenvalue weighted by Crippen LogP contribution is 2.23. The van der Waals surface area contributed by atoms with E-state index in [9.17, 15) is 14.9 Å². The number of hydrogen-bond acceptors (Lipinski definition) is 9. The van der Waals surface area contributed by atoms with Gasteiger partial charge in [-0.3, -0.25) is 14.9 Å². The summed E-state index contributed by atoms with van der Waals surface area (Å²) < 4.78 is 11.7. The Labute approximate surface area is 168 Å². The quantitative estimate of drug-likeness (QED) is 0.255. The van der Waals surface area contributed by atoms with Gasteiger partial charge < -0.3 is 9.15 Å². The average molecular weight is 410 g/mol. The SMILES string of the molecule is O=C(CCc1nc2ccccc2s1)OCc1nnc(-c2ccc([N+](=O)[O-])cc2)o1. The van der Waals surface area contributed by atoms with Crippen molar-refractivity contribution in [2.75, 3.05) is 0 Å². The van der Waals surface area contributed by atoms with Crippen LogP contribution in [-0.2, 0) is 22.6 Å². The van der Waals surface area contributed by atoms with Crippen molar-refractivity contribution in [1.29, 1.82) is 0 Å². The molecule has 0 fully saturated rings. The smallest absolute Gasteiger partial charge is 0.306 e. The van der Waals surface area contributed by atoms with E-state index in [1.807, 2.05) is 24.3 Å². The number of ether oxygens (including phenoxy) is 1. The largest absolute Gasteiger partial charge is 0.456 e. The number of esters is 1. The molecular weight excluding hydrogens is 396 g/mol. The van der Waals surface area contributed by atoms with Crippen molar-refractivity contribution < 1.29 is 18.9 Å². The molecule has 0 N–H and O–H groups in total. The number of thiazole rings is 1. The van der Waals surface area contributed by atoms with Gasteiger partial charge in [0.15, 0.2) is 6.61 Å². The van der Waals surface area contributed by atoms with Crippen molar-refractivity contribution in [3.8, 4) is 11.5 Å². The van der Waals surface area contributed by atoms with Gasteiger partial charge >= 0.3 is 5.97 Å². The second-order valence-corrected chi connectivity index (χ2v) is 7.16. The molecule has 0 amide bonds. The molecule has 0 unspecified atom stereocenters. The summed E-state index contributed by atoms with van der Waals surface area (Å²) in [6.07, 6.45) is 0.694. The number of carbonyl (C=O) groups excluding carboxylic acids is 1. The monoisotopic (exact) mass is 410 g/mol. The van der Waals surface area contributed by atoms with Gasteiger partial charge in [-0.05, 0) is 24.3 Å². The van der Waals surface area contributed by atoms with Gasteiger partial charge in [-0.25, -0.2) is 4.98 Å². The van der Waals surface area contributed by atoms with Crippen LogP contribution in [-0.4, -0.2) is 26.1 Å². The molecule has 9 nitrogen and oxygen atoms in total. The Morgan fingerprint density at radius 3 is 2.69 bits per heavy atom. The average Bonchev–Trinajstić information content (AvgIpc) is 3.37. The van der Waals surface area contributed by atoms with E-state index in [1.54, 1.807) is 11.3 Å². The number of nitrogens with zero attached hydrogens (tertiary/aromatic N) is 4. The van der Waals surface area contributed by atoms with Crippen LogP contribution in [0.25, 0.3) is 21.7 Å². The Morgan fingerprint density at radius 2 is 1.93 bits per heavy atom. The Hall–Kier alpha value is -3.66. The van der Waals surface area contributed by atoms with Gasteiger partial charge in [0.1, 0.15) is 0 Å². The molecule has 4 rings (SSSR count). The summed E-state index contributed by atoms with van der Waals surface area (Å²) in [4.78, 5) is 26.7. The highest BCUT2D eigenvalue weighted by molar-refractivity contribution is 7.18. The van der Waals surface area contributed by atoms with Crippen molar-refractivity contribution in [3.63, 3.8) is 0 Å². The summed E-state index contributed by atoms with van der Waals surface area (Å²) in [7, 11) is 0. The first-order valence-electron chi connectivity index (χ1n) is 8.66. The lowest BCUT2D eigenvalue weighted by molar-refractivity contribution is -0.384. The van der Waals surface area contributed by atoms with E-state index in [4.69, 9.17) is 9.15 Å². The lowest BCUT2D eigenvalue weighted by atomic mass is 10.2. The third-order valence-corrected chi connectivity index (χ3v) is 5.13. The highest BCUT2D eigenvalue weighted by Gasteiger charge is 2.13. The summed E-state index contributed by atoms with van der Waals surface area (Å²) in [5.74, 6) is -0.0496. The van der Waals surface area contributed by atoms with E-state index in [2.05, 4.69) is 15.2 Å². The van der Waals surface area contributed by atoms with Gasteiger partial charge in [-0.2, -0.15) is 0 Å². The van der Waals surface area contributed by atoms with Crippen LogP contribution in [0.5, 0.6) is 0 Å². The number of aromatic nitrogens is 3. The van der Waals surface area contributed by atoms with Crippen LogP contribution < -0.4 is 0 Å². The Morgan fingerprint density at radius 1 is 1.14 bits per heavy atom. The van der Waals surface area contributed by atoms with Gasteiger partial charge in [0.25, 0.3) is 11.6 Å². The Kier molecular flexibility index (Phi) is 5.25. The molecule has 0 aliphatic heterocycles. The lowest BCUT2D eigenvalue weighted by Gasteiger charge is -2.00. The minimum atomic E-state index is -0.489. The van der Waals surface area contributed by atoms with E-state index in [1.165, 1.54) is 24.3 Å². The van der Waals surface area contributed by atoms with Gasteiger partial charge in [0, 0.05) is 24.1 Å². The number of para-hydroxylation sites is 1. The number of benzene rings is 2. The van der Waals surface area contributed by atoms with Crippen LogP contribution in [0.3, 0.4) is 0 Å². The number of carbonyl (C=O) groups is 1. The van der Waals surface area contributed by atoms with E-state index >= 15 is 0 Å². The fraction of sp³-hybridized carbons (Fsp3) is 0.158. The maximum absolute atomic E-state index is 12.0. The zero-order valence-corrected chi connectivity index (χ0v) is 15.8. The molecule has 2 aromatic carbocycles. The maximum atomic E-state index is 12.0. The summed E-state index contributed by atoms with van der Waals surface area (Å²) in [6.45, 7) is -0.140. The number of rotatable bonds is 7. The molecule has 4 aromatic rings. The van der Waals surface area contributed by atoms with E-state index in [0.29, 0.717) is 12.0 Å². The lowest BCUT2D eigenvalue weighted by Crippen LogP contribution is -2.06. The first kappa shape index (κ1) is 18.7. The molecule has 0 aliphatic rings. The topological polar surface area (TPSA) is 121 Å². The van der Waals surface area contributed by atoms with E-state index in [-0.39, 0.29) is 36.5 Å². The molecule has 0 saturated carbocycles. The predicted molar refractivity (Wildman–Crippen MR) is 104 cm³/mol. The molecule has 2 heterocycles. The van der Waals surface area contributed by atoms with Crippen molar-refractivity contribution >= 4 is 33.2 Å². The minimum absolute atomic E-state index is 0.0319. The molecule has 0 aliphatic carbocycles. The second kappa shape index (κ2) is 8.15. The normalized spacial score (nSPS) is 10.9. The maximum Gasteiger partial charge on any atom is 0.306 e. The van der Waals surface area contributed by atoms with Crippen molar-refractivity contribution in [1.82, 2.24) is 15.2 Å².